The van der Waals surface area contributed by atoms with Gasteiger partial charge in [0.1, 0.15) is 12.4 Å². The second kappa shape index (κ2) is 8.09. The first-order valence-corrected chi connectivity index (χ1v) is 10.4. The van der Waals surface area contributed by atoms with Crippen molar-refractivity contribution in [1.29, 1.82) is 0 Å². The van der Waals surface area contributed by atoms with Gasteiger partial charge in [-0.2, -0.15) is 0 Å². The van der Waals surface area contributed by atoms with E-state index in [9.17, 15) is 9.59 Å². The molecule has 5 nitrogen and oxygen atoms in total. The van der Waals surface area contributed by atoms with Gasteiger partial charge in [-0.3, -0.25) is 9.59 Å². The zero-order valence-corrected chi connectivity index (χ0v) is 16.2. The normalized spacial score (nSPS) is 27.1. The highest BCUT2D eigenvalue weighted by atomic mass is 35.5. The molecule has 2 heterocycles. The minimum absolute atomic E-state index is 0.0554. The van der Waals surface area contributed by atoms with E-state index in [2.05, 4.69) is 0 Å². The van der Waals surface area contributed by atoms with Crippen LogP contribution in [0.1, 0.15) is 44.1 Å². The first-order chi connectivity index (χ1) is 13.1. The molecule has 27 heavy (non-hydrogen) atoms. The van der Waals surface area contributed by atoms with Crippen LogP contribution in [0.3, 0.4) is 0 Å². The molecule has 0 bridgehead atoms. The Bertz CT molecular complexity index is 720. The third-order valence-corrected chi connectivity index (χ3v) is 6.40. The summed E-state index contributed by atoms with van der Waals surface area (Å²) in [5, 5.41) is 0.619. The summed E-state index contributed by atoms with van der Waals surface area (Å²) >= 11 is 6.03. The lowest BCUT2D eigenvalue weighted by atomic mass is 9.78. The summed E-state index contributed by atoms with van der Waals surface area (Å²) < 4.78 is 11.0. The summed E-state index contributed by atoms with van der Waals surface area (Å²) in [5.74, 6) is 0.565. The molecule has 6 heteroatoms. The van der Waals surface area contributed by atoms with Gasteiger partial charge in [0.25, 0.3) is 5.91 Å². The van der Waals surface area contributed by atoms with E-state index in [0.29, 0.717) is 23.4 Å². The van der Waals surface area contributed by atoms with Crippen molar-refractivity contribution in [3.05, 3.63) is 28.8 Å². The van der Waals surface area contributed by atoms with Crippen LogP contribution in [-0.4, -0.2) is 42.6 Å². The minimum Gasteiger partial charge on any atom is -0.492 e. The van der Waals surface area contributed by atoms with Crippen molar-refractivity contribution in [1.82, 2.24) is 4.90 Å². The fourth-order valence-electron chi connectivity index (χ4n) is 4.78. The van der Waals surface area contributed by atoms with Gasteiger partial charge in [-0.25, -0.2) is 0 Å². The molecule has 1 amide bonds. The van der Waals surface area contributed by atoms with Gasteiger partial charge in [0.2, 0.25) is 0 Å². The average Bonchev–Trinajstić information content (AvgIpc) is 2.70. The summed E-state index contributed by atoms with van der Waals surface area (Å²) in [7, 11) is 0. The average molecular weight is 392 g/mol. The lowest BCUT2D eigenvalue weighted by Crippen LogP contribution is -2.51. The molecule has 0 radical (unpaired) electrons. The molecule has 1 aromatic carbocycles. The van der Waals surface area contributed by atoms with Crippen molar-refractivity contribution >= 4 is 23.5 Å². The highest BCUT2D eigenvalue weighted by Gasteiger charge is 2.36. The van der Waals surface area contributed by atoms with E-state index in [1.165, 1.54) is 25.7 Å². The zero-order valence-electron chi connectivity index (χ0n) is 15.5. The molecule has 2 aliphatic heterocycles. The topological polar surface area (TPSA) is 55.8 Å². The van der Waals surface area contributed by atoms with Crippen molar-refractivity contribution in [2.45, 2.75) is 51.0 Å². The van der Waals surface area contributed by atoms with Crippen LogP contribution >= 0.6 is 11.6 Å². The second-order valence-electron chi connectivity index (χ2n) is 7.91. The molecule has 0 unspecified atom stereocenters. The number of ether oxygens (including phenoxy) is 2. The lowest BCUT2D eigenvalue weighted by Gasteiger charge is -2.44. The Morgan fingerprint density at radius 2 is 2.00 bits per heavy atom. The maximum atomic E-state index is 12.7. The Balaban J connectivity index is 1.32. The fourth-order valence-corrected chi connectivity index (χ4v) is 4.98. The molecule has 0 N–H and O–H groups in total. The van der Waals surface area contributed by atoms with E-state index in [1.54, 1.807) is 6.07 Å². The standard InChI is InChI=1S/C21H26ClNO4/c22-17-7-8-19-15(11-17)10-16(12-26-19)21(25)27-13-20(24)23-9-3-5-14-4-1-2-6-18(14)23/h7-8,11,14,16,18H,1-6,9-10,12-13H2/t14-,16+,18+/m1/s1. The molecule has 3 aliphatic rings. The quantitative estimate of drug-likeness (QED) is 0.738. The van der Waals surface area contributed by atoms with Crippen LogP contribution in [0.15, 0.2) is 18.2 Å². The highest BCUT2D eigenvalue weighted by molar-refractivity contribution is 6.30. The van der Waals surface area contributed by atoms with Crippen molar-refractivity contribution in [3.63, 3.8) is 0 Å². The van der Waals surface area contributed by atoms with Crippen molar-refractivity contribution < 1.29 is 19.1 Å². The highest BCUT2D eigenvalue weighted by Crippen LogP contribution is 2.35. The van der Waals surface area contributed by atoms with Gasteiger partial charge in [-0.1, -0.05) is 24.4 Å². The monoisotopic (exact) mass is 391 g/mol. The van der Waals surface area contributed by atoms with Crippen LogP contribution < -0.4 is 4.74 Å². The summed E-state index contributed by atoms with van der Waals surface area (Å²) in [6.07, 6.45) is 7.55. The Morgan fingerprint density at radius 3 is 2.89 bits per heavy atom. The predicted molar refractivity (Wildman–Crippen MR) is 102 cm³/mol. The molecule has 4 rings (SSSR count). The maximum Gasteiger partial charge on any atom is 0.313 e. The number of hydrogen-bond acceptors (Lipinski definition) is 4. The molecular weight excluding hydrogens is 366 g/mol. The molecule has 1 aliphatic carbocycles. The molecule has 1 saturated carbocycles. The number of rotatable bonds is 3. The summed E-state index contributed by atoms with van der Waals surface area (Å²) in [4.78, 5) is 27.1. The number of carbonyl (C=O) groups is 2. The van der Waals surface area contributed by atoms with Crippen LogP contribution in [-0.2, 0) is 20.7 Å². The Hall–Kier alpha value is -1.75. The maximum absolute atomic E-state index is 12.7. The van der Waals surface area contributed by atoms with E-state index >= 15 is 0 Å². The van der Waals surface area contributed by atoms with Crippen LogP contribution in [0.25, 0.3) is 0 Å². The number of esters is 1. The molecular formula is C21H26ClNO4. The number of benzene rings is 1. The van der Waals surface area contributed by atoms with Gasteiger partial charge < -0.3 is 14.4 Å². The SMILES string of the molecule is O=C(OCC(=O)N1CCC[C@H]2CCCC[C@@H]21)[C@@H]1COc2ccc(Cl)cc2C1. The van der Waals surface area contributed by atoms with E-state index in [0.717, 1.165) is 30.7 Å². The number of carbonyl (C=O) groups excluding carboxylic acids is 2. The van der Waals surface area contributed by atoms with Crippen molar-refractivity contribution in [3.8, 4) is 5.75 Å². The fraction of sp³-hybridized carbons (Fsp3) is 0.619. The number of fused-ring (bicyclic) bond motifs is 2. The van der Waals surface area contributed by atoms with Crippen LogP contribution in [0.5, 0.6) is 5.75 Å². The van der Waals surface area contributed by atoms with Gasteiger partial charge >= 0.3 is 5.97 Å². The Morgan fingerprint density at radius 1 is 1.19 bits per heavy atom. The van der Waals surface area contributed by atoms with Gasteiger partial charge in [0, 0.05) is 17.6 Å². The molecule has 1 saturated heterocycles. The van der Waals surface area contributed by atoms with Crippen LogP contribution in [0.4, 0.5) is 0 Å². The molecule has 1 aromatic rings. The molecule has 2 fully saturated rings. The third-order valence-electron chi connectivity index (χ3n) is 6.16. The van der Waals surface area contributed by atoms with Gasteiger partial charge in [-0.15, -0.1) is 0 Å². The second-order valence-corrected chi connectivity index (χ2v) is 8.35. The summed E-state index contributed by atoms with van der Waals surface area (Å²) in [6.45, 7) is 0.896. The number of piperidine rings is 1. The number of likely N-dealkylation sites (tertiary alicyclic amines) is 1. The van der Waals surface area contributed by atoms with E-state index < -0.39 is 5.92 Å². The minimum atomic E-state index is -0.396. The molecule has 0 spiro atoms. The zero-order chi connectivity index (χ0) is 18.8. The van der Waals surface area contributed by atoms with Gasteiger partial charge in [-0.05, 0) is 61.8 Å². The smallest absolute Gasteiger partial charge is 0.313 e. The molecule has 146 valence electrons. The Labute approximate surface area is 165 Å². The van der Waals surface area contributed by atoms with E-state index in [1.807, 2.05) is 17.0 Å². The number of nitrogens with zero attached hydrogens (tertiary/aromatic N) is 1. The first-order valence-electron chi connectivity index (χ1n) is 9.99. The number of amides is 1. The first kappa shape index (κ1) is 18.6. The van der Waals surface area contributed by atoms with Crippen molar-refractivity contribution in [2.24, 2.45) is 11.8 Å². The van der Waals surface area contributed by atoms with Crippen LogP contribution in [0, 0.1) is 11.8 Å². The molecule has 3 atom stereocenters. The van der Waals surface area contributed by atoms with Crippen molar-refractivity contribution in [2.75, 3.05) is 19.8 Å². The molecule has 0 aromatic heterocycles. The van der Waals surface area contributed by atoms with E-state index in [4.69, 9.17) is 21.1 Å². The predicted octanol–water partition coefficient (Wildman–Crippen LogP) is 3.62. The largest absolute Gasteiger partial charge is 0.492 e. The number of halogens is 1. The van der Waals surface area contributed by atoms with Crippen LogP contribution in [0.2, 0.25) is 5.02 Å². The summed E-state index contributed by atoms with van der Waals surface area (Å²) in [6, 6.07) is 5.75. The van der Waals surface area contributed by atoms with E-state index in [-0.39, 0.29) is 25.1 Å². The Kier molecular flexibility index (Phi) is 5.58. The third kappa shape index (κ3) is 4.08. The van der Waals surface area contributed by atoms with Gasteiger partial charge in [0.05, 0.1) is 5.92 Å². The summed E-state index contributed by atoms with van der Waals surface area (Å²) in [5.41, 5.74) is 0.906. The van der Waals surface area contributed by atoms with Gasteiger partial charge in [0.15, 0.2) is 6.61 Å². The lowest BCUT2D eigenvalue weighted by molar-refractivity contribution is -0.158. The number of hydrogen-bond donors (Lipinski definition) is 0.